The second kappa shape index (κ2) is 5.37. The highest BCUT2D eigenvalue weighted by atomic mass is 79.9. The van der Waals surface area contributed by atoms with Crippen molar-refractivity contribution in [1.82, 2.24) is 14.4 Å². The minimum Gasteiger partial charge on any atom is -0.269 e. The highest BCUT2D eigenvalue weighted by molar-refractivity contribution is 9.10. The van der Waals surface area contributed by atoms with Crippen LogP contribution in [0.1, 0.15) is 48.6 Å². The molecular formula is C15H16BrF2N3O. The van der Waals surface area contributed by atoms with Crippen molar-refractivity contribution in [2.75, 3.05) is 0 Å². The van der Waals surface area contributed by atoms with Crippen molar-refractivity contribution in [3.8, 4) is 0 Å². The predicted octanol–water partition coefficient (Wildman–Crippen LogP) is 3.76. The van der Waals surface area contributed by atoms with Crippen molar-refractivity contribution in [3.63, 3.8) is 0 Å². The molecule has 2 heterocycles. The van der Waals surface area contributed by atoms with Crippen LogP contribution in [0.4, 0.5) is 8.78 Å². The summed E-state index contributed by atoms with van der Waals surface area (Å²) in [5.41, 5.74) is 2.19. The SMILES string of the molecule is Cc1nc2c(C3CCC(F)(F)CC3)nc(Br)cn2c(=O)c1C. The van der Waals surface area contributed by atoms with Gasteiger partial charge >= 0.3 is 0 Å². The molecule has 7 heteroatoms. The first-order valence-electron chi connectivity index (χ1n) is 7.22. The zero-order chi connectivity index (χ0) is 16.1. The second-order valence-corrected chi connectivity index (χ2v) is 6.71. The van der Waals surface area contributed by atoms with E-state index in [9.17, 15) is 13.6 Å². The van der Waals surface area contributed by atoms with Crippen LogP contribution in [-0.2, 0) is 0 Å². The number of aryl methyl sites for hydroxylation is 1. The number of halogens is 3. The molecule has 0 aromatic carbocycles. The third-order valence-electron chi connectivity index (χ3n) is 4.38. The Hall–Kier alpha value is -1.37. The first-order valence-corrected chi connectivity index (χ1v) is 8.01. The molecule has 4 nitrogen and oxygen atoms in total. The molecular weight excluding hydrogens is 356 g/mol. The van der Waals surface area contributed by atoms with E-state index in [0.29, 0.717) is 40.0 Å². The van der Waals surface area contributed by atoms with Gasteiger partial charge in [0.25, 0.3) is 5.56 Å². The third-order valence-corrected chi connectivity index (χ3v) is 4.76. The van der Waals surface area contributed by atoms with Gasteiger partial charge in [0, 0.05) is 36.2 Å². The normalized spacial score (nSPS) is 18.8. The summed E-state index contributed by atoms with van der Waals surface area (Å²) in [6.07, 6.45) is 2.00. The van der Waals surface area contributed by atoms with Gasteiger partial charge in [-0.05, 0) is 42.6 Å². The molecule has 1 fully saturated rings. The van der Waals surface area contributed by atoms with Gasteiger partial charge in [0.1, 0.15) is 4.60 Å². The van der Waals surface area contributed by atoms with Crippen LogP contribution in [0.15, 0.2) is 15.6 Å². The summed E-state index contributed by atoms with van der Waals surface area (Å²) in [5.74, 6) is -2.68. The molecule has 118 valence electrons. The largest absolute Gasteiger partial charge is 0.269 e. The van der Waals surface area contributed by atoms with Gasteiger partial charge < -0.3 is 0 Å². The highest BCUT2D eigenvalue weighted by Gasteiger charge is 2.36. The fourth-order valence-electron chi connectivity index (χ4n) is 2.92. The molecule has 0 aliphatic heterocycles. The Bertz CT molecular complexity index is 793. The van der Waals surface area contributed by atoms with Crippen LogP contribution in [-0.4, -0.2) is 20.3 Å². The number of fused-ring (bicyclic) bond motifs is 1. The van der Waals surface area contributed by atoms with E-state index in [1.54, 1.807) is 20.0 Å². The molecule has 0 saturated heterocycles. The van der Waals surface area contributed by atoms with E-state index in [2.05, 4.69) is 25.9 Å². The maximum absolute atomic E-state index is 13.4. The summed E-state index contributed by atoms with van der Waals surface area (Å²) in [6, 6.07) is 0. The average Bonchev–Trinajstić information content (AvgIpc) is 2.45. The highest BCUT2D eigenvalue weighted by Crippen LogP contribution is 2.41. The van der Waals surface area contributed by atoms with Crippen LogP contribution in [0.2, 0.25) is 0 Å². The molecule has 1 aliphatic carbocycles. The average molecular weight is 372 g/mol. The van der Waals surface area contributed by atoms with Gasteiger partial charge in [-0.1, -0.05) is 0 Å². The monoisotopic (exact) mass is 371 g/mol. The minimum atomic E-state index is -2.59. The van der Waals surface area contributed by atoms with Gasteiger partial charge in [-0.3, -0.25) is 9.20 Å². The van der Waals surface area contributed by atoms with Crippen LogP contribution < -0.4 is 5.56 Å². The number of alkyl halides is 2. The van der Waals surface area contributed by atoms with Crippen LogP contribution in [0.25, 0.3) is 5.65 Å². The lowest BCUT2D eigenvalue weighted by atomic mass is 9.84. The maximum atomic E-state index is 13.4. The van der Waals surface area contributed by atoms with E-state index in [4.69, 9.17) is 0 Å². The Balaban J connectivity index is 2.16. The van der Waals surface area contributed by atoms with Gasteiger partial charge in [0.05, 0.1) is 5.69 Å². The van der Waals surface area contributed by atoms with Gasteiger partial charge in [-0.2, -0.15) is 0 Å². The quantitative estimate of drug-likeness (QED) is 0.766. The first kappa shape index (κ1) is 15.5. The molecule has 2 aromatic heterocycles. The van der Waals surface area contributed by atoms with Crippen LogP contribution in [0, 0.1) is 13.8 Å². The van der Waals surface area contributed by atoms with Crippen LogP contribution in [0.5, 0.6) is 0 Å². The number of aromatic nitrogens is 3. The summed E-state index contributed by atoms with van der Waals surface area (Å²) in [7, 11) is 0. The molecule has 1 aliphatic rings. The van der Waals surface area contributed by atoms with Crippen molar-refractivity contribution in [3.05, 3.63) is 38.1 Å². The van der Waals surface area contributed by atoms with Gasteiger partial charge in [0.2, 0.25) is 5.92 Å². The number of rotatable bonds is 1. The molecule has 0 radical (unpaired) electrons. The molecule has 3 rings (SSSR count). The fourth-order valence-corrected chi connectivity index (χ4v) is 3.31. The van der Waals surface area contributed by atoms with E-state index in [0.717, 1.165) is 0 Å². The van der Waals surface area contributed by atoms with E-state index in [-0.39, 0.29) is 24.3 Å². The lowest BCUT2D eigenvalue weighted by Gasteiger charge is -2.28. The van der Waals surface area contributed by atoms with Gasteiger partial charge in [-0.25, -0.2) is 18.7 Å². The lowest BCUT2D eigenvalue weighted by molar-refractivity contribution is -0.0384. The molecule has 22 heavy (non-hydrogen) atoms. The Morgan fingerprint density at radius 3 is 2.55 bits per heavy atom. The van der Waals surface area contributed by atoms with Crippen LogP contribution in [0.3, 0.4) is 0 Å². The zero-order valence-electron chi connectivity index (χ0n) is 12.4. The molecule has 0 N–H and O–H groups in total. The molecule has 0 atom stereocenters. The van der Waals surface area contributed by atoms with Crippen molar-refractivity contribution >= 4 is 21.6 Å². The van der Waals surface area contributed by atoms with Crippen molar-refractivity contribution in [2.45, 2.75) is 51.4 Å². The predicted molar refractivity (Wildman–Crippen MR) is 82.6 cm³/mol. The van der Waals surface area contributed by atoms with Gasteiger partial charge in [0.15, 0.2) is 5.65 Å². The van der Waals surface area contributed by atoms with Crippen LogP contribution >= 0.6 is 15.9 Å². The van der Waals surface area contributed by atoms with Gasteiger partial charge in [-0.15, -0.1) is 0 Å². The topological polar surface area (TPSA) is 47.3 Å². The molecule has 2 aromatic rings. The smallest absolute Gasteiger partial charge is 0.261 e. The minimum absolute atomic E-state index is 0.0962. The molecule has 0 unspecified atom stereocenters. The number of hydrogen-bond donors (Lipinski definition) is 0. The standard InChI is InChI=1S/C15H16BrF2N3O/c1-8-9(2)19-13-12(10-3-5-15(17,18)6-4-10)20-11(16)7-21(13)14(8)22/h7,10H,3-6H2,1-2H3. The van der Waals surface area contributed by atoms with Crippen molar-refractivity contribution in [2.24, 2.45) is 0 Å². The summed E-state index contributed by atoms with van der Waals surface area (Å²) in [5, 5.41) is 0. The third kappa shape index (κ3) is 2.66. The Morgan fingerprint density at radius 2 is 1.91 bits per heavy atom. The molecule has 0 bridgehead atoms. The molecule has 1 saturated carbocycles. The Kier molecular flexibility index (Phi) is 3.79. The van der Waals surface area contributed by atoms with Crippen molar-refractivity contribution in [1.29, 1.82) is 0 Å². The summed E-state index contributed by atoms with van der Waals surface area (Å²) in [6.45, 7) is 3.50. The lowest BCUT2D eigenvalue weighted by Crippen LogP contribution is -2.26. The Morgan fingerprint density at radius 1 is 1.27 bits per heavy atom. The van der Waals surface area contributed by atoms with Crippen molar-refractivity contribution < 1.29 is 8.78 Å². The fraction of sp³-hybridized carbons (Fsp3) is 0.533. The number of hydrogen-bond acceptors (Lipinski definition) is 3. The number of nitrogens with zero attached hydrogens (tertiary/aromatic N) is 3. The van der Waals surface area contributed by atoms with E-state index in [1.807, 2.05) is 0 Å². The molecule has 0 spiro atoms. The van der Waals surface area contributed by atoms with E-state index >= 15 is 0 Å². The Labute approximate surface area is 134 Å². The van der Waals surface area contributed by atoms with E-state index < -0.39 is 5.92 Å². The second-order valence-electron chi connectivity index (χ2n) is 5.90. The summed E-state index contributed by atoms with van der Waals surface area (Å²) in [4.78, 5) is 21.3. The zero-order valence-corrected chi connectivity index (χ0v) is 14.0. The molecule has 0 amide bonds. The van der Waals surface area contributed by atoms with E-state index in [1.165, 1.54) is 4.40 Å². The summed E-state index contributed by atoms with van der Waals surface area (Å²) < 4.78 is 28.7. The first-order chi connectivity index (χ1) is 10.3. The summed E-state index contributed by atoms with van der Waals surface area (Å²) >= 11 is 3.30. The maximum Gasteiger partial charge on any atom is 0.261 e.